The maximum atomic E-state index is 5.64. The summed E-state index contributed by atoms with van der Waals surface area (Å²) < 4.78 is 5.27. The Balaban J connectivity index is 0.000000720. The fraction of sp³-hybridized carbons (Fsp3) is 0.500. The van der Waals surface area contributed by atoms with Crippen molar-refractivity contribution in [2.45, 2.75) is 18.9 Å². The summed E-state index contributed by atoms with van der Waals surface area (Å²) in [4.78, 5) is 0. The molecule has 1 atom stereocenters. The van der Waals surface area contributed by atoms with Crippen molar-refractivity contribution in [2.24, 2.45) is 0 Å². The van der Waals surface area contributed by atoms with Gasteiger partial charge in [0.25, 0.3) is 0 Å². The Morgan fingerprint density at radius 1 is 1.50 bits per heavy atom. The molecule has 0 amide bonds. The average Bonchev–Trinajstić information content (AvgIpc) is 2.55. The van der Waals surface area contributed by atoms with Crippen LogP contribution >= 0.6 is 24.0 Å². The first-order valence-corrected chi connectivity index (χ1v) is 4.23. The molecule has 0 aromatic carbocycles. The zero-order chi connectivity index (χ0) is 7.68. The normalized spacial score (nSPS) is 22.2. The molecule has 1 aromatic rings. The molecule has 0 aliphatic carbocycles. The molecule has 2 heterocycles. The van der Waals surface area contributed by atoms with E-state index in [1.807, 2.05) is 6.07 Å². The van der Waals surface area contributed by atoms with E-state index >= 15 is 0 Å². The molecule has 68 valence electrons. The van der Waals surface area contributed by atoms with Gasteiger partial charge < -0.3 is 9.73 Å². The van der Waals surface area contributed by atoms with Crippen LogP contribution in [-0.2, 0) is 0 Å². The number of rotatable bonds is 1. The van der Waals surface area contributed by atoms with Crippen molar-refractivity contribution in [3.8, 4) is 0 Å². The standard InChI is InChI=1S/C8H10ClNO.ClH/c9-8-4-3-7(11-8)6-2-1-5-10-6;/h3-4,6,10H,1-2,5H2;1H/t6-;/m1./s1. The summed E-state index contributed by atoms with van der Waals surface area (Å²) in [5.74, 6) is 0.965. The molecule has 0 radical (unpaired) electrons. The molecule has 1 aliphatic rings. The SMILES string of the molecule is Cl.Clc1ccc([C@H]2CCCN2)o1. The van der Waals surface area contributed by atoms with Gasteiger partial charge in [-0.2, -0.15) is 0 Å². The molecule has 2 nitrogen and oxygen atoms in total. The van der Waals surface area contributed by atoms with Crippen LogP contribution < -0.4 is 5.32 Å². The van der Waals surface area contributed by atoms with Gasteiger partial charge in [0.1, 0.15) is 5.76 Å². The first-order chi connectivity index (χ1) is 5.36. The number of furan rings is 1. The molecule has 1 aromatic heterocycles. The van der Waals surface area contributed by atoms with E-state index in [-0.39, 0.29) is 12.4 Å². The first kappa shape index (κ1) is 9.90. The predicted octanol–water partition coefficient (Wildman–Crippen LogP) is 2.78. The van der Waals surface area contributed by atoms with Crippen LogP contribution in [0.4, 0.5) is 0 Å². The van der Waals surface area contributed by atoms with E-state index in [1.165, 1.54) is 6.42 Å². The Morgan fingerprint density at radius 2 is 2.33 bits per heavy atom. The van der Waals surface area contributed by atoms with Crippen molar-refractivity contribution in [1.82, 2.24) is 5.32 Å². The van der Waals surface area contributed by atoms with Crippen LogP contribution in [0.2, 0.25) is 5.22 Å². The summed E-state index contributed by atoms with van der Waals surface area (Å²) in [6.45, 7) is 1.09. The lowest BCUT2D eigenvalue weighted by molar-refractivity contribution is 0.447. The third-order valence-electron chi connectivity index (χ3n) is 2.00. The van der Waals surface area contributed by atoms with Crippen molar-refractivity contribution in [3.63, 3.8) is 0 Å². The smallest absolute Gasteiger partial charge is 0.193 e. The fourth-order valence-electron chi connectivity index (χ4n) is 1.44. The topological polar surface area (TPSA) is 25.2 Å². The highest BCUT2D eigenvalue weighted by molar-refractivity contribution is 6.28. The van der Waals surface area contributed by atoms with Crippen LogP contribution in [-0.4, -0.2) is 6.54 Å². The van der Waals surface area contributed by atoms with Gasteiger partial charge >= 0.3 is 0 Å². The Labute approximate surface area is 82.7 Å². The van der Waals surface area contributed by atoms with Gasteiger partial charge in [0, 0.05) is 0 Å². The lowest BCUT2D eigenvalue weighted by atomic mass is 10.2. The molecule has 1 aliphatic heterocycles. The summed E-state index contributed by atoms with van der Waals surface area (Å²) in [5, 5.41) is 3.81. The van der Waals surface area contributed by atoms with Gasteiger partial charge in [0.05, 0.1) is 6.04 Å². The lowest BCUT2D eigenvalue weighted by Gasteiger charge is -2.04. The van der Waals surface area contributed by atoms with Crippen LogP contribution in [0.15, 0.2) is 16.5 Å². The van der Waals surface area contributed by atoms with Gasteiger partial charge in [0.2, 0.25) is 0 Å². The van der Waals surface area contributed by atoms with Crippen LogP contribution in [0, 0.1) is 0 Å². The highest BCUT2D eigenvalue weighted by Gasteiger charge is 2.18. The second-order valence-corrected chi connectivity index (χ2v) is 3.16. The molecule has 2 rings (SSSR count). The quantitative estimate of drug-likeness (QED) is 0.767. The largest absolute Gasteiger partial charge is 0.448 e. The minimum atomic E-state index is 0. The maximum Gasteiger partial charge on any atom is 0.193 e. The van der Waals surface area contributed by atoms with E-state index < -0.39 is 0 Å². The molecule has 1 fully saturated rings. The van der Waals surface area contributed by atoms with Gasteiger partial charge in [-0.15, -0.1) is 12.4 Å². The van der Waals surface area contributed by atoms with Gasteiger partial charge in [-0.05, 0) is 43.1 Å². The lowest BCUT2D eigenvalue weighted by Crippen LogP contribution is -2.11. The summed E-state index contributed by atoms with van der Waals surface area (Å²) in [6.07, 6.45) is 2.38. The molecule has 1 N–H and O–H groups in total. The van der Waals surface area contributed by atoms with Crippen molar-refractivity contribution in [2.75, 3.05) is 6.54 Å². The maximum absolute atomic E-state index is 5.64. The fourth-order valence-corrected chi connectivity index (χ4v) is 1.60. The van der Waals surface area contributed by atoms with Crippen LogP contribution in [0.3, 0.4) is 0 Å². The average molecular weight is 208 g/mol. The molecule has 0 bridgehead atoms. The molecular weight excluding hydrogens is 197 g/mol. The highest BCUT2D eigenvalue weighted by Crippen LogP contribution is 2.26. The van der Waals surface area contributed by atoms with Crippen LogP contribution in [0.1, 0.15) is 24.6 Å². The Morgan fingerprint density at radius 3 is 2.83 bits per heavy atom. The van der Waals surface area contributed by atoms with Gasteiger partial charge in [-0.3, -0.25) is 0 Å². The van der Waals surface area contributed by atoms with Gasteiger partial charge in [0.15, 0.2) is 5.22 Å². The van der Waals surface area contributed by atoms with Gasteiger partial charge in [-0.1, -0.05) is 0 Å². The highest BCUT2D eigenvalue weighted by atomic mass is 35.5. The number of nitrogens with one attached hydrogen (secondary N) is 1. The molecular formula is C8H11Cl2NO. The van der Waals surface area contributed by atoms with Crippen molar-refractivity contribution in [3.05, 3.63) is 23.1 Å². The minimum absolute atomic E-state index is 0. The number of hydrogen-bond donors (Lipinski definition) is 1. The van der Waals surface area contributed by atoms with Crippen LogP contribution in [0.5, 0.6) is 0 Å². The second-order valence-electron chi connectivity index (χ2n) is 2.79. The molecule has 12 heavy (non-hydrogen) atoms. The second kappa shape index (κ2) is 4.17. The molecule has 4 heteroatoms. The monoisotopic (exact) mass is 207 g/mol. The predicted molar refractivity (Wildman–Crippen MR) is 50.9 cm³/mol. The Hall–Kier alpha value is -0.180. The van der Waals surface area contributed by atoms with E-state index in [2.05, 4.69) is 5.32 Å². The third-order valence-corrected chi connectivity index (χ3v) is 2.20. The van der Waals surface area contributed by atoms with E-state index in [0.717, 1.165) is 18.7 Å². The molecule has 1 saturated heterocycles. The third kappa shape index (κ3) is 1.94. The summed E-state index contributed by atoms with van der Waals surface area (Å²) >= 11 is 5.64. The van der Waals surface area contributed by atoms with Crippen molar-refractivity contribution in [1.29, 1.82) is 0 Å². The van der Waals surface area contributed by atoms with Gasteiger partial charge in [-0.25, -0.2) is 0 Å². The summed E-state index contributed by atoms with van der Waals surface area (Å²) in [7, 11) is 0. The molecule has 0 unspecified atom stereocenters. The number of hydrogen-bond acceptors (Lipinski definition) is 2. The number of halogens is 2. The van der Waals surface area contributed by atoms with Crippen molar-refractivity contribution < 1.29 is 4.42 Å². The van der Waals surface area contributed by atoms with E-state index in [4.69, 9.17) is 16.0 Å². The summed E-state index contributed by atoms with van der Waals surface area (Å²) in [6, 6.07) is 4.12. The van der Waals surface area contributed by atoms with E-state index in [9.17, 15) is 0 Å². The Kier molecular flexibility index (Phi) is 3.44. The first-order valence-electron chi connectivity index (χ1n) is 3.85. The zero-order valence-electron chi connectivity index (χ0n) is 6.55. The van der Waals surface area contributed by atoms with Crippen molar-refractivity contribution >= 4 is 24.0 Å². The Bertz CT molecular complexity index is 243. The zero-order valence-corrected chi connectivity index (χ0v) is 8.12. The van der Waals surface area contributed by atoms with E-state index in [0.29, 0.717) is 11.3 Å². The minimum Gasteiger partial charge on any atom is -0.448 e. The summed E-state index contributed by atoms with van der Waals surface area (Å²) in [5.41, 5.74) is 0. The van der Waals surface area contributed by atoms with E-state index in [1.54, 1.807) is 6.07 Å². The molecule has 0 spiro atoms. The van der Waals surface area contributed by atoms with Crippen LogP contribution in [0.25, 0.3) is 0 Å². The molecule has 0 saturated carbocycles.